The summed E-state index contributed by atoms with van der Waals surface area (Å²) in [5.41, 5.74) is 1.07. The van der Waals surface area contributed by atoms with Crippen LogP contribution in [0.4, 0.5) is 0 Å². The Kier molecular flexibility index (Phi) is 4.26. The molecule has 0 saturated carbocycles. The van der Waals surface area contributed by atoms with Crippen molar-refractivity contribution < 1.29 is 0 Å². The molecule has 1 atom stereocenters. The lowest BCUT2D eigenvalue weighted by atomic mass is 9.93. The lowest BCUT2D eigenvalue weighted by Gasteiger charge is -2.34. The molecule has 2 aromatic rings. The summed E-state index contributed by atoms with van der Waals surface area (Å²) in [7, 11) is -1.17. The van der Waals surface area contributed by atoms with Crippen LogP contribution in [0.3, 0.4) is 0 Å². The van der Waals surface area contributed by atoms with Crippen LogP contribution in [0.2, 0.25) is 5.54 Å². The second-order valence-corrected chi connectivity index (χ2v) is 9.74. The summed E-state index contributed by atoms with van der Waals surface area (Å²) in [6.07, 6.45) is 0. The Morgan fingerprint density at radius 3 is 1.42 bits per heavy atom. The van der Waals surface area contributed by atoms with Gasteiger partial charge in [0, 0.05) is 0 Å². The summed E-state index contributed by atoms with van der Waals surface area (Å²) in [5.74, 6) is 0. The molecule has 0 aliphatic heterocycles. The Labute approximate surface area is 119 Å². The number of hydrogen-bond donors (Lipinski definition) is 0. The number of rotatable bonds is 3. The SMILES string of the molecule is CC([SiH](c1ccccc1)c1ccccc1)C(C)(C)C. The average molecular weight is 268 g/mol. The van der Waals surface area contributed by atoms with Crippen LogP contribution in [0.15, 0.2) is 60.7 Å². The van der Waals surface area contributed by atoms with Crippen LogP contribution in [-0.4, -0.2) is 8.80 Å². The number of benzene rings is 2. The summed E-state index contributed by atoms with van der Waals surface area (Å²) in [4.78, 5) is 0. The normalized spacial score (nSPS) is 13.5. The van der Waals surface area contributed by atoms with Gasteiger partial charge in [0.2, 0.25) is 0 Å². The molecule has 0 nitrogen and oxygen atoms in total. The molecule has 0 radical (unpaired) electrons. The minimum atomic E-state index is -1.17. The zero-order valence-electron chi connectivity index (χ0n) is 12.4. The van der Waals surface area contributed by atoms with E-state index >= 15 is 0 Å². The van der Waals surface area contributed by atoms with Gasteiger partial charge >= 0.3 is 0 Å². The van der Waals surface area contributed by atoms with Gasteiger partial charge in [-0.2, -0.15) is 0 Å². The smallest absolute Gasteiger partial charge is 0.0640 e. The van der Waals surface area contributed by atoms with Crippen molar-refractivity contribution in [3.63, 3.8) is 0 Å². The first-order valence-corrected chi connectivity index (χ1v) is 8.92. The van der Waals surface area contributed by atoms with Crippen molar-refractivity contribution in [1.82, 2.24) is 0 Å². The van der Waals surface area contributed by atoms with Gasteiger partial charge < -0.3 is 0 Å². The van der Waals surface area contributed by atoms with Gasteiger partial charge in [0.1, 0.15) is 8.80 Å². The molecular formula is C18H24Si. The molecule has 0 aliphatic rings. The molecule has 0 N–H and O–H groups in total. The fourth-order valence-electron chi connectivity index (χ4n) is 2.59. The van der Waals surface area contributed by atoms with Crippen molar-refractivity contribution in [3.8, 4) is 0 Å². The zero-order chi connectivity index (χ0) is 13.9. The van der Waals surface area contributed by atoms with Gasteiger partial charge in [0.05, 0.1) is 0 Å². The third-order valence-corrected chi connectivity index (χ3v) is 8.39. The largest absolute Gasteiger partial charge is 0.106 e. The Hall–Kier alpha value is -1.34. The third-order valence-electron chi connectivity index (χ3n) is 4.18. The monoisotopic (exact) mass is 268 g/mol. The molecule has 0 saturated heterocycles. The topological polar surface area (TPSA) is 0 Å². The second-order valence-electron chi connectivity index (χ2n) is 6.45. The summed E-state index contributed by atoms with van der Waals surface area (Å²) < 4.78 is 0. The van der Waals surface area contributed by atoms with E-state index in [-0.39, 0.29) is 0 Å². The quantitative estimate of drug-likeness (QED) is 0.748. The standard InChI is InChI=1S/C18H24Si/c1-15(18(2,3)4)19(16-11-7-5-8-12-16)17-13-9-6-10-14-17/h5-15,19H,1-4H3. The predicted octanol–water partition coefficient (Wildman–Crippen LogP) is 3.46. The van der Waals surface area contributed by atoms with E-state index in [4.69, 9.17) is 0 Å². The van der Waals surface area contributed by atoms with Crippen LogP contribution in [0.5, 0.6) is 0 Å². The first kappa shape index (κ1) is 14.1. The maximum Gasteiger partial charge on any atom is 0.106 e. The maximum atomic E-state index is 2.43. The molecule has 0 aromatic heterocycles. The van der Waals surface area contributed by atoms with Crippen LogP contribution in [0.25, 0.3) is 0 Å². The van der Waals surface area contributed by atoms with Crippen LogP contribution in [-0.2, 0) is 0 Å². The molecule has 1 heteroatoms. The molecule has 1 unspecified atom stereocenters. The van der Waals surface area contributed by atoms with Crippen LogP contribution < -0.4 is 10.4 Å². The van der Waals surface area contributed by atoms with Crippen molar-refractivity contribution in [2.45, 2.75) is 33.2 Å². The van der Waals surface area contributed by atoms with E-state index in [1.54, 1.807) is 10.4 Å². The van der Waals surface area contributed by atoms with E-state index in [2.05, 4.69) is 88.4 Å². The molecule has 0 aliphatic carbocycles. The average Bonchev–Trinajstić information content (AvgIpc) is 2.40. The zero-order valence-corrected chi connectivity index (χ0v) is 13.6. The molecule has 0 amide bonds. The molecule has 0 heterocycles. The van der Waals surface area contributed by atoms with Gasteiger partial charge in [0.25, 0.3) is 0 Å². The second kappa shape index (κ2) is 5.75. The molecule has 2 aromatic carbocycles. The minimum absolute atomic E-state index is 0.350. The molecule has 0 spiro atoms. The number of hydrogen-bond acceptors (Lipinski definition) is 0. The van der Waals surface area contributed by atoms with E-state index in [1.165, 1.54) is 0 Å². The van der Waals surface area contributed by atoms with Gasteiger partial charge in [-0.15, -0.1) is 0 Å². The fourth-order valence-corrected chi connectivity index (χ4v) is 6.40. The van der Waals surface area contributed by atoms with Gasteiger partial charge in [0.15, 0.2) is 0 Å². The lowest BCUT2D eigenvalue weighted by molar-refractivity contribution is 0.394. The van der Waals surface area contributed by atoms with E-state index < -0.39 is 8.80 Å². The summed E-state index contributed by atoms with van der Waals surface area (Å²) in [5, 5.41) is 3.10. The van der Waals surface area contributed by atoms with E-state index in [0.29, 0.717) is 5.41 Å². The van der Waals surface area contributed by atoms with Gasteiger partial charge in [-0.3, -0.25) is 0 Å². The summed E-state index contributed by atoms with van der Waals surface area (Å²) in [6, 6.07) is 22.2. The van der Waals surface area contributed by atoms with Gasteiger partial charge in [-0.1, -0.05) is 98.7 Å². The van der Waals surface area contributed by atoms with Crippen molar-refractivity contribution in [3.05, 3.63) is 60.7 Å². The van der Waals surface area contributed by atoms with Gasteiger partial charge in [-0.25, -0.2) is 0 Å². The highest BCUT2D eigenvalue weighted by molar-refractivity contribution is 6.86. The highest BCUT2D eigenvalue weighted by atomic mass is 28.3. The maximum absolute atomic E-state index is 2.43. The molecule has 2 rings (SSSR count). The van der Waals surface area contributed by atoms with Gasteiger partial charge in [-0.05, 0) is 11.0 Å². The molecule has 0 bridgehead atoms. The minimum Gasteiger partial charge on any atom is -0.0640 e. The Bertz CT molecular complexity index is 457. The molecule has 100 valence electrons. The fraction of sp³-hybridized carbons (Fsp3) is 0.333. The predicted molar refractivity (Wildman–Crippen MR) is 88.2 cm³/mol. The first-order chi connectivity index (χ1) is 9.00. The third kappa shape index (κ3) is 3.36. The molecule has 0 fully saturated rings. The van der Waals surface area contributed by atoms with Crippen LogP contribution in [0, 0.1) is 5.41 Å². The van der Waals surface area contributed by atoms with Crippen molar-refractivity contribution >= 4 is 19.2 Å². The van der Waals surface area contributed by atoms with E-state index in [1.807, 2.05) is 0 Å². The Morgan fingerprint density at radius 2 is 1.11 bits per heavy atom. The summed E-state index contributed by atoms with van der Waals surface area (Å²) >= 11 is 0. The first-order valence-electron chi connectivity index (χ1n) is 7.10. The van der Waals surface area contributed by atoms with E-state index in [9.17, 15) is 0 Å². The van der Waals surface area contributed by atoms with Crippen LogP contribution >= 0.6 is 0 Å². The van der Waals surface area contributed by atoms with Crippen molar-refractivity contribution in [1.29, 1.82) is 0 Å². The Balaban J connectivity index is 2.46. The van der Waals surface area contributed by atoms with E-state index in [0.717, 1.165) is 5.54 Å². The highest BCUT2D eigenvalue weighted by Gasteiger charge is 2.31. The van der Waals surface area contributed by atoms with Crippen LogP contribution in [0.1, 0.15) is 27.7 Å². The van der Waals surface area contributed by atoms with Crippen molar-refractivity contribution in [2.75, 3.05) is 0 Å². The lowest BCUT2D eigenvalue weighted by Crippen LogP contribution is -2.48. The van der Waals surface area contributed by atoms with Crippen molar-refractivity contribution in [2.24, 2.45) is 5.41 Å². The summed E-state index contributed by atoms with van der Waals surface area (Å²) in [6.45, 7) is 9.52. The Morgan fingerprint density at radius 1 is 0.737 bits per heavy atom. The highest BCUT2D eigenvalue weighted by Crippen LogP contribution is 2.32. The molecular weight excluding hydrogens is 244 g/mol. The molecule has 19 heavy (non-hydrogen) atoms.